The summed E-state index contributed by atoms with van der Waals surface area (Å²) in [5, 5.41) is 61.5. The number of aliphatic hydroxyl groups excluding tert-OH is 5. The van der Waals surface area contributed by atoms with Crippen molar-refractivity contribution in [2.45, 2.75) is 95.6 Å². The number of hydrogen-bond acceptors (Lipinski definition) is 10. The van der Waals surface area contributed by atoms with Gasteiger partial charge in [-0.05, 0) is 51.7 Å². The van der Waals surface area contributed by atoms with Crippen LogP contribution in [0.15, 0.2) is 53.6 Å². The third-order valence-corrected chi connectivity index (χ3v) is 6.66. The van der Waals surface area contributed by atoms with Crippen LogP contribution in [0.1, 0.15) is 52.5 Å². The standard InChI is InChI=1S/C30H48O10/c1-20(2)10-9-14-30(4,37)26(34)17-25(40-27(35)16-22-11-7-6-8-12-22)21(3)13-15-39-29(24(33)19-38-5)28(36)23(32)18-31/h6-8,10-13,23-26,28-29,31-34,36-37H,9,14-19H2,1-5H3/b21-13+/t23-,24-,25-,26-,28-,29-,30+/m1/s1. The summed E-state index contributed by atoms with van der Waals surface area (Å²) in [5.74, 6) is -0.517. The van der Waals surface area contributed by atoms with Gasteiger partial charge in [-0.1, -0.05) is 48.1 Å². The first-order valence-electron chi connectivity index (χ1n) is 13.5. The molecule has 0 amide bonds. The number of carbonyl (C=O) groups is 1. The van der Waals surface area contributed by atoms with Gasteiger partial charge in [0.25, 0.3) is 0 Å². The zero-order chi connectivity index (χ0) is 30.3. The van der Waals surface area contributed by atoms with Crippen molar-refractivity contribution >= 4 is 5.97 Å². The second-order valence-corrected chi connectivity index (χ2v) is 10.6. The minimum atomic E-state index is -1.60. The summed E-state index contributed by atoms with van der Waals surface area (Å²) in [6.07, 6.45) is -3.49. The fourth-order valence-corrected chi connectivity index (χ4v) is 4.02. The molecule has 6 N–H and O–H groups in total. The van der Waals surface area contributed by atoms with E-state index in [-0.39, 0.29) is 26.1 Å². The lowest BCUT2D eigenvalue weighted by atomic mass is 9.88. The number of hydrogen-bond donors (Lipinski definition) is 6. The smallest absolute Gasteiger partial charge is 0.310 e. The normalized spacial score (nSPS) is 18.1. The lowest BCUT2D eigenvalue weighted by Gasteiger charge is -2.32. The molecule has 10 heteroatoms. The van der Waals surface area contributed by atoms with Crippen molar-refractivity contribution in [3.8, 4) is 0 Å². The van der Waals surface area contributed by atoms with Gasteiger partial charge in [0.2, 0.25) is 0 Å². The highest BCUT2D eigenvalue weighted by atomic mass is 16.5. The summed E-state index contributed by atoms with van der Waals surface area (Å²) in [5.41, 5.74) is 0.934. The molecule has 0 saturated heterocycles. The molecule has 1 aromatic rings. The Bertz CT molecular complexity index is 910. The van der Waals surface area contributed by atoms with Crippen LogP contribution in [0.3, 0.4) is 0 Å². The summed E-state index contributed by atoms with van der Waals surface area (Å²) in [7, 11) is 1.35. The van der Waals surface area contributed by atoms with Crippen LogP contribution in [0, 0.1) is 0 Å². The molecule has 0 aliphatic rings. The molecule has 0 unspecified atom stereocenters. The minimum Gasteiger partial charge on any atom is -0.457 e. The van der Waals surface area contributed by atoms with Crippen LogP contribution in [0.25, 0.3) is 0 Å². The van der Waals surface area contributed by atoms with Crippen LogP contribution in [-0.4, -0.2) is 106 Å². The molecule has 1 rings (SSSR count). The molecule has 0 heterocycles. The van der Waals surface area contributed by atoms with Crippen molar-refractivity contribution in [1.29, 1.82) is 0 Å². The molecule has 0 fully saturated rings. The van der Waals surface area contributed by atoms with Crippen molar-refractivity contribution in [3.63, 3.8) is 0 Å². The van der Waals surface area contributed by atoms with E-state index in [0.717, 1.165) is 11.1 Å². The number of allylic oxidation sites excluding steroid dienone is 2. The van der Waals surface area contributed by atoms with Crippen LogP contribution < -0.4 is 0 Å². The molecule has 0 spiro atoms. The molecule has 0 aromatic heterocycles. The van der Waals surface area contributed by atoms with Gasteiger partial charge in [0.05, 0.1) is 37.9 Å². The fraction of sp³-hybridized carbons (Fsp3) is 0.633. The Morgan fingerprint density at radius 1 is 1.02 bits per heavy atom. The number of esters is 1. The van der Waals surface area contributed by atoms with Gasteiger partial charge < -0.3 is 44.8 Å². The van der Waals surface area contributed by atoms with Crippen molar-refractivity contribution in [3.05, 3.63) is 59.2 Å². The molecule has 0 aliphatic heterocycles. The second-order valence-electron chi connectivity index (χ2n) is 10.6. The Balaban J connectivity index is 3.07. The van der Waals surface area contributed by atoms with E-state index in [1.807, 2.05) is 38.1 Å². The minimum absolute atomic E-state index is 0.0186. The van der Waals surface area contributed by atoms with Crippen LogP contribution >= 0.6 is 0 Å². The van der Waals surface area contributed by atoms with Gasteiger partial charge in [-0.3, -0.25) is 4.79 Å². The Morgan fingerprint density at radius 2 is 1.68 bits per heavy atom. The number of benzene rings is 1. The summed E-state index contributed by atoms with van der Waals surface area (Å²) in [4.78, 5) is 12.8. The SMILES string of the molecule is COC[C@@H](O)[C@@H](OC/C=C(\C)[C@@H](C[C@@H](O)[C@@](C)(O)CCC=C(C)C)OC(=O)Cc1ccccc1)[C@H](O)[C@H](O)CO. The first-order valence-corrected chi connectivity index (χ1v) is 13.5. The van der Waals surface area contributed by atoms with Gasteiger partial charge >= 0.3 is 5.97 Å². The molecule has 1 aromatic carbocycles. The van der Waals surface area contributed by atoms with Crippen LogP contribution in [0.5, 0.6) is 0 Å². The molecular weight excluding hydrogens is 520 g/mol. The molecular formula is C30H48O10. The number of ether oxygens (including phenoxy) is 3. The molecule has 0 bridgehead atoms. The van der Waals surface area contributed by atoms with Crippen molar-refractivity contribution in [2.24, 2.45) is 0 Å². The lowest BCUT2D eigenvalue weighted by Crippen LogP contribution is -2.49. The second kappa shape index (κ2) is 18.3. The van der Waals surface area contributed by atoms with Crippen molar-refractivity contribution in [2.75, 3.05) is 26.9 Å². The summed E-state index contributed by atoms with van der Waals surface area (Å²) in [6, 6.07) is 9.06. The van der Waals surface area contributed by atoms with E-state index in [2.05, 4.69) is 0 Å². The topological polar surface area (TPSA) is 166 Å². The maximum Gasteiger partial charge on any atom is 0.310 e. The van der Waals surface area contributed by atoms with Gasteiger partial charge in [0, 0.05) is 13.5 Å². The Labute approximate surface area is 237 Å². The van der Waals surface area contributed by atoms with E-state index in [4.69, 9.17) is 14.2 Å². The van der Waals surface area contributed by atoms with Crippen LogP contribution in [0.2, 0.25) is 0 Å². The van der Waals surface area contributed by atoms with E-state index >= 15 is 0 Å². The van der Waals surface area contributed by atoms with E-state index in [9.17, 15) is 35.4 Å². The maximum absolute atomic E-state index is 12.8. The number of rotatable bonds is 19. The van der Waals surface area contributed by atoms with Gasteiger partial charge in [-0.25, -0.2) is 0 Å². The summed E-state index contributed by atoms with van der Waals surface area (Å²) < 4.78 is 16.3. The molecule has 0 radical (unpaired) electrons. The predicted molar refractivity (Wildman–Crippen MR) is 150 cm³/mol. The summed E-state index contributed by atoms with van der Waals surface area (Å²) in [6.45, 7) is 6.03. The highest BCUT2D eigenvalue weighted by Gasteiger charge is 2.34. The quantitative estimate of drug-likeness (QED) is 0.106. The number of aliphatic hydroxyl groups is 6. The van der Waals surface area contributed by atoms with E-state index in [0.29, 0.717) is 18.4 Å². The van der Waals surface area contributed by atoms with Crippen LogP contribution in [0.4, 0.5) is 0 Å². The Morgan fingerprint density at radius 3 is 2.25 bits per heavy atom. The fourth-order valence-electron chi connectivity index (χ4n) is 4.02. The Hall–Kier alpha value is -2.15. The number of methoxy groups -OCH3 is 1. The van der Waals surface area contributed by atoms with E-state index in [1.54, 1.807) is 25.1 Å². The number of carbonyl (C=O) groups excluding carboxylic acids is 1. The van der Waals surface area contributed by atoms with Gasteiger partial charge in [-0.15, -0.1) is 0 Å². The summed E-state index contributed by atoms with van der Waals surface area (Å²) >= 11 is 0. The van der Waals surface area contributed by atoms with Crippen molar-refractivity contribution in [1.82, 2.24) is 0 Å². The van der Waals surface area contributed by atoms with Gasteiger partial charge in [-0.2, -0.15) is 0 Å². The van der Waals surface area contributed by atoms with Gasteiger partial charge in [0.1, 0.15) is 30.5 Å². The van der Waals surface area contributed by atoms with E-state index < -0.39 is 54.8 Å². The first-order chi connectivity index (χ1) is 18.8. The Kier molecular flexibility index (Phi) is 16.4. The molecule has 10 nitrogen and oxygen atoms in total. The predicted octanol–water partition coefficient (Wildman–Crippen LogP) is 1.44. The average Bonchev–Trinajstić information content (AvgIpc) is 2.89. The van der Waals surface area contributed by atoms with Gasteiger partial charge in [0.15, 0.2) is 0 Å². The molecule has 40 heavy (non-hydrogen) atoms. The third-order valence-electron chi connectivity index (χ3n) is 6.66. The molecule has 0 aliphatic carbocycles. The zero-order valence-electron chi connectivity index (χ0n) is 24.3. The molecule has 228 valence electrons. The zero-order valence-corrected chi connectivity index (χ0v) is 24.3. The molecule has 7 atom stereocenters. The first kappa shape index (κ1) is 35.9. The van der Waals surface area contributed by atoms with Crippen molar-refractivity contribution < 1.29 is 49.6 Å². The monoisotopic (exact) mass is 568 g/mol. The molecule has 0 saturated carbocycles. The average molecular weight is 569 g/mol. The maximum atomic E-state index is 12.8. The third kappa shape index (κ3) is 13.0. The highest BCUT2D eigenvalue weighted by molar-refractivity contribution is 5.73. The van der Waals surface area contributed by atoms with Crippen LogP contribution in [-0.2, 0) is 25.4 Å². The van der Waals surface area contributed by atoms with E-state index in [1.165, 1.54) is 14.0 Å². The largest absolute Gasteiger partial charge is 0.457 e. The lowest BCUT2D eigenvalue weighted by molar-refractivity contribution is -0.150. The highest BCUT2D eigenvalue weighted by Crippen LogP contribution is 2.25.